The van der Waals surface area contributed by atoms with Crippen LogP contribution in [0.15, 0.2) is 35.6 Å². The number of carbonyl (C=O) groups is 1. The summed E-state index contributed by atoms with van der Waals surface area (Å²) in [5.41, 5.74) is -2.08. The van der Waals surface area contributed by atoms with Crippen LogP contribution in [0.1, 0.15) is 131 Å². The molecule has 0 aliphatic carbocycles. The first kappa shape index (κ1) is 60.6. The molecule has 1 aromatic heterocycles. The van der Waals surface area contributed by atoms with Gasteiger partial charge in [-0.25, -0.2) is 9.07 Å². The van der Waals surface area contributed by atoms with Crippen LogP contribution in [0.4, 0.5) is 4.39 Å². The number of aliphatic hydroxyl groups excluding tert-OH is 3. The lowest BCUT2D eigenvalue weighted by Gasteiger charge is -2.51. The third-order valence-electron chi connectivity index (χ3n) is 16.6. The van der Waals surface area contributed by atoms with Crippen LogP contribution in [-0.2, 0) is 39.6 Å². The van der Waals surface area contributed by atoms with E-state index in [-0.39, 0.29) is 25.2 Å². The molecule has 0 saturated carbocycles. The number of alkyl halides is 1. The Morgan fingerprint density at radius 3 is 2.26 bits per heavy atom. The molecular weight excluding hydrogens is 948 g/mol. The number of halogens is 1. The highest BCUT2D eigenvalue weighted by Crippen LogP contribution is 2.45. The van der Waals surface area contributed by atoms with Crippen LogP contribution in [0.3, 0.4) is 0 Å². The second-order valence-electron chi connectivity index (χ2n) is 22.4. The Labute approximate surface area is 432 Å². The molecule has 6 N–H and O–H groups in total. The average Bonchev–Trinajstić information content (AvgIpc) is 3.82. The van der Waals surface area contributed by atoms with Crippen LogP contribution in [0.25, 0.3) is 0 Å². The number of esters is 1. The van der Waals surface area contributed by atoms with E-state index in [0.717, 1.165) is 0 Å². The van der Waals surface area contributed by atoms with Gasteiger partial charge in [0.05, 0.1) is 52.9 Å². The van der Waals surface area contributed by atoms with Crippen molar-refractivity contribution in [3.8, 4) is 0 Å². The normalized spacial score (nSPS) is 39.9. The van der Waals surface area contributed by atoms with Gasteiger partial charge in [0.1, 0.15) is 48.8 Å². The predicted molar refractivity (Wildman–Crippen MR) is 271 cm³/mol. The summed E-state index contributed by atoms with van der Waals surface area (Å²) < 4.78 is 54.2. The molecule has 0 bridgehead atoms. The number of cyclic esters (lactones) is 1. The zero-order chi connectivity index (χ0) is 54.5. The van der Waals surface area contributed by atoms with Crippen molar-refractivity contribution < 1.29 is 68.3 Å². The van der Waals surface area contributed by atoms with E-state index in [0.29, 0.717) is 48.5 Å². The van der Waals surface area contributed by atoms with Crippen LogP contribution < -0.4 is 0 Å². The molecule has 1 aromatic carbocycles. The highest BCUT2D eigenvalue weighted by Gasteiger charge is 2.55. The summed E-state index contributed by atoms with van der Waals surface area (Å²) in [4.78, 5) is 18.6. The molecule has 3 saturated heterocycles. The van der Waals surface area contributed by atoms with Gasteiger partial charge in [0.25, 0.3) is 0 Å². The number of likely N-dealkylation sites (N-methyl/N-ethyl adjacent to an activating group) is 2. The van der Waals surface area contributed by atoms with Crippen molar-refractivity contribution in [2.24, 2.45) is 28.8 Å². The quantitative estimate of drug-likeness (QED) is 0.0624. The smallest absolute Gasteiger partial charge is 0.309 e. The van der Waals surface area contributed by atoms with E-state index in [1.165, 1.54) is 25.8 Å². The molecule has 20 atom stereocenters. The molecule has 3 aliphatic rings. The molecule has 0 spiro atoms. The SMILES string of the molecule is CC[C@H]1OC(=O)[C@H](C)[C@@H](C2C[C@@](C)(OC)[C@@H](O)[C@H](C)O2)[C@H](C)[C@@H](O[C@@H]2O[C@H](C)C[C@H](N(C)CCc3cn([C@H](CF)[C@H](OC)c4ccc(/C(C)=N\O)cc4)nn3)[C@H]2O)[C@](C)(O)C[C@@H](C)CN(C)[C@H](C)[C@@H](O)[C@]1(C)O. The maximum Gasteiger partial charge on any atom is 0.309 e. The summed E-state index contributed by atoms with van der Waals surface area (Å²) in [5, 5.41) is 81.3. The average molecular weight is 1040 g/mol. The van der Waals surface area contributed by atoms with Crippen LogP contribution in [0.2, 0.25) is 0 Å². The molecule has 20 heteroatoms. The predicted octanol–water partition coefficient (Wildman–Crippen LogP) is 4.48. The fraction of sp³-hybridized carbons (Fsp3) is 0.811. The fourth-order valence-corrected chi connectivity index (χ4v) is 12.0. The number of ether oxygens (including phenoxy) is 6. The largest absolute Gasteiger partial charge is 0.459 e. The van der Waals surface area contributed by atoms with E-state index < -0.39 is 127 Å². The van der Waals surface area contributed by atoms with E-state index in [9.17, 15) is 39.9 Å². The molecule has 19 nitrogen and oxygen atoms in total. The van der Waals surface area contributed by atoms with Gasteiger partial charge >= 0.3 is 5.97 Å². The molecule has 416 valence electrons. The van der Waals surface area contributed by atoms with Gasteiger partial charge in [0.2, 0.25) is 0 Å². The Kier molecular flexibility index (Phi) is 21.0. The number of methoxy groups -OCH3 is 2. The maximum absolute atomic E-state index is 14.8. The van der Waals surface area contributed by atoms with Crippen LogP contribution in [0.5, 0.6) is 0 Å². The first-order valence-electron chi connectivity index (χ1n) is 26.1. The maximum atomic E-state index is 14.8. The van der Waals surface area contributed by atoms with Gasteiger partial charge in [-0.3, -0.25) is 4.79 Å². The van der Waals surface area contributed by atoms with Gasteiger partial charge in [-0.15, -0.1) is 5.10 Å². The zero-order valence-corrected chi connectivity index (χ0v) is 46.0. The number of nitrogens with zero attached hydrogens (tertiary/aromatic N) is 6. The van der Waals surface area contributed by atoms with Crippen molar-refractivity contribution in [1.82, 2.24) is 24.8 Å². The molecule has 2 aromatic rings. The van der Waals surface area contributed by atoms with E-state index in [2.05, 4.69) is 15.5 Å². The van der Waals surface area contributed by atoms with Gasteiger partial charge in [0, 0.05) is 64.3 Å². The summed E-state index contributed by atoms with van der Waals surface area (Å²) in [6.07, 6.45) is -6.41. The number of carbonyl (C=O) groups excluding carboxylic acids is 1. The van der Waals surface area contributed by atoms with E-state index in [1.807, 2.05) is 44.7 Å². The topological polar surface area (TPSA) is 243 Å². The Bertz CT molecular complexity index is 2080. The number of benzene rings is 1. The second-order valence-corrected chi connectivity index (χ2v) is 22.4. The molecular formula is C53H89FN6O13. The van der Waals surface area contributed by atoms with Crippen molar-refractivity contribution in [1.29, 1.82) is 0 Å². The summed E-state index contributed by atoms with van der Waals surface area (Å²) in [7, 11) is 6.74. The third kappa shape index (κ3) is 13.7. The standard InChI is InChI=1S/C53H89FN6O13/c1-16-42-53(11,66)46(62)34(7)59(13)27-29(2)24-51(9,65)48(31(4)43(32(5)49(64)72-42)41-25-52(10,69-15)47(63)35(8)71-41)73-50-44(61)39(23-30(3)70-50)58(12)22-21-38-28-60(57-55-38)40(26-54)45(68-14)37-19-17-36(18-20-37)33(6)56-67/h17-20,28-32,34-35,39-48,50,61-63,65-67H,16,21-27H2,1-15H3/b56-33-/t29-,30-,31+,32-,34-,35+,39+,40-,41?,42-,43+,44-,45-,46-,47+,48-,50+,51-,52-,53-/m1/s1. The summed E-state index contributed by atoms with van der Waals surface area (Å²) >= 11 is 0. The van der Waals surface area contributed by atoms with Crippen LogP contribution in [0, 0.1) is 23.7 Å². The van der Waals surface area contributed by atoms with Gasteiger partial charge in [-0.05, 0) is 105 Å². The Morgan fingerprint density at radius 2 is 1.67 bits per heavy atom. The Hall–Kier alpha value is -3.25. The van der Waals surface area contributed by atoms with Crippen molar-refractivity contribution >= 4 is 11.7 Å². The lowest BCUT2D eigenvalue weighted by atomic mass is 9.68. The number of hydrogen-bond donors (Lipinski definition) is 6. The minimum atomic E-state index is -1.83. The fourth-order valence-electron chi connectivity index (χ4n) is 12.0. The minimum Gasteiger partial charge on any atom is -0.459 e. The zero-order valence-electron chi connectivity index (χ0n) is 46.0. The summed E-state index contributed by atoms with van der Waals surface area (Å²) in [6, 6.07) is 5.25. The molecule has 1 unspecified atom stereocenters. The van der Waals surface area contributed by atoms with Crippen molar-refractivity contribution in [2.45, 2.75) is 204 Å². The molecule has 0 amide bonds. The lowest BCUT2D eigenvalue weighted by Crippen LogP contribution is -2.62. The molecule has 5 rings (SSSR count). The monoisotopic (exact) mass is 1040 g/mol. The van der Waals surface area contributed by atoms with E-state index in [1.54, 1.807) is 78.9 Å². The second kappa shape index (κ2) is 25.3. The van der Waals surface area contributed by atoms with E-state index >= 15 is 0 Å². The summed E-state index contributed by atoms with van der Waals surface area (Å²) in [5.74, 6) is -3.28. The summed E-state index contributed by atoms with van der Waals surface area (Å²) in [6.45, 7) is 19.5. The first-order valence-corrected chi connectivity index (χ1v) is 26.1. The molecule has 73 heavy (non-hydrogen) atoms. The minimum absolute atomic E-state index is 0.167. The lowest BCUT2D eigenvalue weighted by molar-refractivity contribution is -0.302. The molecule has 0 radical (unpaired) electrons. The number of aromatic nitrogens is 3. The molecule has 3 fully saturated rings. The number of rotatable bonds is 15. The first-order chi connectivity index (χ1) is 34.2. The van der Waals surface area contributed by atoms with E-state index in [4.69, 9.17) is 28.4 Å². The van der Waals surface area contributed by atoms with Crippen molar-refractivity contribution in [3.63, 3.8) is 0 Å². The number of hydrogen-bond acceptors (Lipinski definition) is 18. The molecule has 3 aliphatic heterocycles. The van der Waals surface area contributed by atoms with Crippen LogP contribution in [-0.4, -0.2) is 199 Å². The van der Waals surface area contributed by atoms with Gasteiger partial charge in [-0.2, -0.15) is 0 Å². The van der Waals surface area contributed by atoms with Gasteiger partial charge in [0.15, 0.2) is 6.29 Å². The third-order valence-corrected chi connectivity index (χ3v) is 16.6. The van der Waals surface area contributed by atoms with Gasteiger partial charge < -0.3 is 69.0 Å². The van der Waals surface area contributed by atoms with Crippen molar-refractivity contribution in [2.75, 3.05) is 48.1 Å². The number of aliphatic hydroxyl groups is 5. The van der Waals surface area contributed by atoms with Gasteiger partial charge in [-0.1, -0.05) is 62.3 Å². The molecule has 4 heterocycles. The highest BCUT2D eigenvalue weighted by molar-refractivity contribution is 5.98. The Balaban J connectivity index is 1.45. The highest BCUT2D eigenvalue weighted by atomic mass is 19.1. The van der Waals surface area contributed by atoms with Crippen molar-refractivity contribution in [3.05, 3.63) is 47.3 Å². The van der Waals surface area contributed by atoms with Crippen LogP contribution >= 0.6 is 0 Å². The number of oxime groups is 1. The Morgan fingerprint density at radius 1 is 1.01 bits per heavy atom.